The highest BCUT2D eigenvalue weighted by Crippen LogP contribution is 3.04. The second-order valence-corrected chi connectivity index (χ2v) is 14.2. The molecule has 0 heterocycles. The van der Waals surface area contributed by atoms with Crippen LogP contribution in [0, 0.1) is 0 Å². The second kappa shape index (κ2) is 7.19. The van der Waals surface area contributed by atoms with Crippen molar-refractivity contribution in [3.63, 3.8) is 0 Å². The lowest BCUT2D eigenvalue weighted by molar-refractivity contribution is 0.458. The number of hydrogen-bond acceptors (Lipinski definition) is 0. The average molecular weight is 567 g/mol. The van der Waals surface area contributed by atoms with E-state index in [9.17, 15) is 31.1 Å². The highest BCUT2D eigenvalue weighted by molar-refractivity contribution is 8.52. The first kappa shape index (κ1) is 26.5. The van der Waals surface area contributed by atoms with Gasteiger partial charge in [-0.05, 0) is 35.4 Å². The van der Waals surface area contributed by atoms with Crippen LogP contribution in [0.5, 0.6) is 0 Å². The van der Waals surface area contributed by atoms with Crippen LogP contribution in [-0.2, 0) is 0 Å². The van der Waals surface area contributed by atoms with Gasteiger partial charge < -0.3 is 0 Å². The molecule has 0 N–H and O–H groups in total. The summed E-state index contributed by atoms with van der Waals surface area (Å²) < 4.78 is 118. The molecule has 3 aromatic carbocycles. The average Bonchev–Trinajstić information content (AvgIpc) is 2.73. The maximum Gasteiger partial charge on any atom is 0.205 e. The second-order valence-electron chi connectivity index (χ2n) is 7.40. The molecule has 0 spiro atoms. The molecule has 186 valence electrons. The van der Waals surface area contributed by atoms with Crippen LogP contribution in [0.2, 0.25) is 0 Å². The van der Waals surface area contributed by atoms with Gasteiger partial charge in [0.2, 0.25) is 19.7 Å². The lowest BCUT2D eigenvalue weighted by Crippen LogP contribution is -2.13. The Hall–Kier alpha value is -2.14. The van der Waals surface area contributed by atoms with Crippen LogP contribution < -0.4 is 0 Å². The third kappa shape index (κ3) is 5.73. The summed E-state index contributed by atoms with van der Waals surface area (Å²) in [6, 6.07) is 12.6. The maximum atomic E-state index is 14.7. The summed E-state index contributed by atoms with van der Waals surface area (Å²) in [6.45, 7) is 0. The Morgan fingerprint density at radius 2 is 0.735 bits per heavy atom. The van der Waals surface area contributed by atoms with Gasteiger partial charge in [0.15, 0.2) is 0 Å². The zero-order chi connectivity index (χ0) is 25.6. The van der Waals surface area contributed by atoms with E-state index in [0.29, 0.717) is 0 Å². The molecule has 0 aliphatic rings. The van der Waals surface area contributed by atoms with Crippen molar-refractivity contribution in [2.45, 2.75) is 9.79 Å². The fraction of sp³-hybridized carbons (Fsp3) is 0. The van der Waals surface area contributed by atoms with Gasteiger partial charge in [-0.2, -0.15) is 0 Å². The third-order valence-corrected chi connectivity index (χ3v) is 9.44. The molecule has 0 bridgehead atoms. The van der Waals surface area contributed by atoms with Crippen LogP contribution in [0.1, 0.15) is 11.1 Å². The Balaban J connectivity index is 2.10. The summed E-state index contributed by atoms with van der Waals surface area (Å²) in [4.78, 5) is -4.05. The minimum absolute atomic E-state index is 0.152. The largest absolute Gasteiger partial charge is 0.205 e. The molecule has 12 heteroatoms. The lowest BCUT2D eigenvalue weighted by atomic mass is 10.2. The van der Waals surface area contributed by atoms with E-state index in [2.05, 4.69) is 0 Å². The van der Waals surface area contributed by atoms with E-state index in [1.54, 1.807) is 0 Å². The van der Waals surface area contributed by atoms with Crippen molar-refractivity contribution in [3.05, 3.63) is 107 Å². The highest BCUT2D eigenvalue weighted by atomic mass is 35.5. The first-order chi connectivity index (χ1) is 15.2. The highest BCUT2D eigenvalue weighted by Gasteiger charge is 2.65. The molecule has 0 amide bonds. The fourth-order valence-corrected chi connectivity index (χ4v) is 7.01. The normalized spacial score (nSPS) is 17.8. The van der Waals surface area contributed by atoms with Crippen LogP contribution in [0.15, 0.2) is 106 Å². The topological polar surface area (TPSA) is 0 Å². The van der Waals surface area contributed by atoms with Gasteiger partial charge in [0.25, 0.3) is 0 Å². The summed E-state index contributed by atoms with van der Waals surface area (Å²) in [5.74, 6) is 0. The maximum absolute atomic E-state index is 14.7. The zero-order valence-corrected chi connectivity index (χ0v) is 20.0. The van der Waals surface area contributed by atoms with E-state index in [0.717, 1.165) is 0 Å². The summed E-state index contributed by atoms with van der Waals surface area (Å²) in [6.07, 6.45) is 0. The van der Waals surface area contributed by atoms with Gasteiger partial charge in [-0.25, -0.2) is 0 Å². The molecule has 34 heavy (non-hydrogen) atoms. The number of rotatable bonds is 6. The Morgan fingerprint density at radius 1 is 0.471 bits per heavy atom. The molecular weight excluding hydrogens is 551 g/mol. The van der Waals surface area contributed by atoms with Crippen LogP contribution in [0.4, 0.5) is 31.1 Å². The number of halogens is 10. The molecule has 0 unspecified atom stereocenters. The van der Waals surface area contributed by atoms with Crippen molar-refractivity contribution in [2.24, 2.45) is 0 Å². The van der Waals surface area contributed by atoms with Gasteiger partial charge in [-0.1, -0.05) is 83.9 Å². The predicted octanol–water partition coefficient (Wildman–Crippen LogP) is 11.7. The van der Waals surface area contributed by atoms with E-state index in [-0.39, 0.29) is 35.4 Å². The van der Waals surface area contributed by atoms with Crippen molar-refractivity contribution >= 4 is 52.9 Å². The van der Waals surface area contributed by atoms with E-state index >= 15 is 0 Å². The van der Waals surface area contributed by atoms with E-state index in [1.807, 2.05) is 0 Å². The van der Waals surface area contributed by atoms with Crippen molar-refractivity contribution < 1.29 is 31.1 Å². The molecule has 3 rings (SSSR count). The molecular formula is C22H16Cl2F8S2. The molecule has 0 fully saturated rings. The minimum atomic E-state index is -9.30. The smallest absolute Gasteiger partial charge is 0.117 e. The Kier molecular flexibility index (Phi) is 5.60. The SMILES string of the molecule is FS(F)(F)(F)(/C=C(\Cl)c1ccccc1)c1ccc(S(F)(F)(F)(F)/C=C(\Cl)c2ccccc2)cc1. The van der Waals surface area contributed by atoms with Crippen LogP contribution in [0.25, 0.3) is 10.1 Å². The van der Waals surface area contributed by atoms with Gasteiger partial charge in [0.1, 0.15) is 0 Å². The predicted molar refractivity (Wildman–Crippen MR) is 128 cm³/mol. The monoisotopic (exact) mass is 566 g/mol. The number of hydrogen-bond donors (Lipinski definition) is 0. The molecule has 0 atom stereocenters. The number of benzene rings is 3. The molecule has 0 aliphatic heterocycles. The summed E-state index contributed by atoms with van der Waals surface area (Å²) in [7, 11) is -18.6. The van der Waals surface area contributed by atoms with Crippen LogP contribution >= 0.6 is 42.9 Å². The molecule has 0 aliphatic carbocycles. The van der Waals surface area contributed by atoms with Crippen LogP contribution in [0.3, 0.4) is 0 Å². The van der Waals surface area contributed by atoms with Gasteiger partial charge in [0, 0.05) is 0 Å². The standard InChI is InChI=1S/C22H16Cl2F8S2/c23-21(17-7-3-1-4-8-17)15-33(25,26,27,28)19-11-13-20(14-12-19)34(29,30,31,32)16-22(24)18-9-5-2-6-10-18/h1-16H/b21-15-,22-16-. The summed E-state index contributed by atoms with van der Waals surface area (Å²) in [5.41, 5.74) is -0.305. The lowest BCUT2D eigenvalue weighted by Gasteiger charge is -2.49. The van der Waals surface area contributed by atoms with Crippen LogP contribution in [-0.4, -0.2) is 0 Å². The molecule has 0 saturated carbocycles. The van der Waals surface area contributed by atoms with Crippen molar-refractivity contribution in [2.75, 3.05) is 0 Å². The molecule has 0 saturated heterocycles. The van der Waals surface area contributed by atoms with Crippen molar-refractivity contribution in [3.8, 4) is 0 Å². The fourth-order valence-electron chi connectivity index (χ4n) is 2.89. The van der Waals surface area contributed by atoms with Gasteiger partial charge >= 0.3 is 0 Å². The Labute approximate surface area is 200 Å². The van der Waals surface area contributed by atoms with Crippen molar-refractivity contribution in [1.29, 1.82) is 0 Å². The van der Waals surface area contributed by atoms with Crippen molar-refractivity contribution in [1.82, 2.24) is 0 Å². The van der Waals surface area contributed by atoms with E-state index in [4.69, 9.17) is 23.2 Å². The van der Waals surface area contributed by atoms with E-state index in [1.165, 1.54) is 60.7 Å². The molecule has 0 nitrogen and oxygen atoms in total. The van der Waals surface area contributed by atoms with Gasteiger partial charge in [-0.15, -0.1) is 31.1 Å². The summed E-state index contributed by atoms with van der Waals surface area (Å²) in [5, 5.41) is -3.49. The zero-order valence-electron chi connectivity index (χ0n) is 16.8. The Bertz CT molecular complexity index is 1190. The molecule has 3 aromatic rings. The molecule has 0 aromatic heterocycles. The van der Waals surface area contributed by atoms with Gasteiger partial charge in [0.05, 0.1) is 30.7 Å². The first-order valence-electron chi connectivity index (χ1n) is 9.21. The molecule has 0 radical (unpaired) electrons. The Morgan fingerprint density at radius 3 is 1.00 bits per heavy atom. The first-order valence-corrected chi connectivity index (χ1v) is 14.2. The van der Waals surface area contributed by atoms with Gasteiger partial charge in [-0.3, -0.25) is 0 Å². The van der Waals surface area contributed by atoms with E-state index < -0.39 is 50.3 Å². The minimum Gasteiger partial charge on any atom is -0.117 e. The summed E-state index contributed by atoms with van der Waals surface area (Å²) >= 11 is 11.3. The quantitative estimate of drug-likeness (QED) is 0.260. The third-order valence-electron chi connectivity index (χ3n) is 4.59.